The van der Waals surface area contributed by atoms with Crippen LogP contribution in [0.2, 0.25) is 18.1 Å². The van der Waals surface area contributed by atoms with Gasteiger partial charge in [-0.05, 0) is 28.8 Å². The highest BCUT2D eigenvalue weighted by atomic mass is 28.3. The fourth-order valence-electron chi connectivity index (χ4n) is 2.08. The first-order valence-corrected chi connectivity index (χ1v) is 9.35. The zero-order chi connectivity index (χ0) is 14.4. The van der Waals surface area contributed by atoms with Crippen molar-refractivity contribution in [3.8, 4) is 0 Å². The van der Waals surface area contributed by atoms with Crippen molar-refractivity contribution in [1.29, 1.82) is 0 Å². The third-order valence-corrected chi connectivity index (χ3v) is 9.59. The molecule has 0 fully saturated rings. The topological polar surface area (TPSA) is 48.1 Å². The maximum atomic E-state index is 10.9. The Hall–Kier alpha value is -1.62. The lowest BCUT2D eigenvalue weighted by Crippen LogP contribution is -2.44. The van der Waals surface area contributed by atoms with Gasteiger partial charge in [0, 0.05) is 17.6 Å². The number of hydrogen-bond acceptors (Lipinski definition) is 2. The number of aromatic nitrogens is 1. The lowest BCUT2D eigenvalue weighted by Gasteiger charge is -2.38. The van der Waals surface area contributed by atoms with E-state index in [9.17, 15) is 10.1 Å². The van der Waals surface area contributed by atoms with E-state index in [1.807, 2.05) is 12.1 Å². The van der Waals surface area contributed by atoms with Gasteiger partial charge in [-0.1, -0.05) is 33.9 Å². The molecule has 1 heterocycles. The van der Waals surface area contributed by atoms with Crippen molar-refractivity contribution in [3.05, 3.63) is 40.6 Å². The van der Waals surface area contributed by atoms with Crippen molar-refractivity contribution in [2.24, 2.45) is 0 Å². The number of non-ortho nitro benzene ring substituents is 1. The Bertz CT molecular complexity index is 638. The molecule has 1 aromatic carbocycles. The van der Waals surface area contributed by atoms with Crippen LogP contribution in [0.1, 0.15) is 20.8 Å². The summed E-state index contributed by atoms with van der Waals surface area (Å²) in [5.41, 5.74) is 1.13. The highest BCUT2D eigenvalue weighted by Crippen LogP contribution is 2.39. The molecule has 19 heavy (non-hydrogen) atoms. The Balaban J connectivity index is 2.68. The molecule has 0 radical (unpaired) electrons. The molecule has 0 aliphatic heterocycles. The van der Waals surface area contributed by atoms with Gasteiger partial charge in [-0.15, -0.1) is 0 Å². The van der Waals surface area contributed by atoms with E-state index in [1.165, 1.54) is 0 Å². The molecule has 0 bridgehead atoms. The molecule has 1 aromatic heterocycles. The summed E-state index contributed by atoms with van der Waals surface area (Å²) in [6.45, 7) is 11.3. The van der Waals surface area contributed by atoms with E-state index in [0.717, 1.165) is 10.9 Å². The SMILES string of the molecule is CC(C)(C)[Si](C)(C)n1ccc2ccc([N+](=O)[O-])cc21. The molecule has 0 atom stereocenters. The first kappa shape index (κ1) is 13.8. The van der Waals surface area contributed by atoms with E-state index in [4.69, 9.17) is 0 Å². The van der Waals surface area contributed by atoms with Gasteiger partial charge in [-0.2, -0.15) is 0 Å². The van der Waals surface area contributed by atoms with Gasteiger partial charge in [-0.25, -0.2) is 0 Å². The molecule has 2 aromatic rings. The molecular formula is C14H20N2O2Si. The number of benzene rings is 1. The van der Waals surface area contributed by atoms with Crippen LogP contribution in [-0.4, -0.2) is 17.4 Å². The fourth-order valence-corrected chi connectivity index (χ4v) is 4.04. The van der Waals surface area contributed by atoms with E-state index >= 15 is 0 Å². The summed E-state index contributed by atoms with van der Waals surface area (Å²) in [6, 6.07) is 7.13. The predicted molar refractivity (Wildman–Crippen MR) is 81.2 cm³/mol. The Morgan fingerprint density at radius 3 is 2.37 bits per heavy atom. The predicted octanol–water partition coefficient (Wildman–Crippen LogP) is 4.40. The monoisotopic (exact) mass is 276 g/mol. The molecule has 4 nitrogen and oxygen atoms in total. The first-order valence-electron chi connectivity index (χ1n) is 6.40. The second kappa shape index (κ2) is 4.20. The third kappa shape index (κ3) is 2.18. The maximum Gasteiger partial charge on any atom is 0.271 e. The van der Waals surface area contributed by atoms with Gasteiger partial charge in [0.1, 0.15) is 0 Å². The maximum absolute atomic E-state index is 10.9. The van der Waals surface area contributed by atoms with Gasteiger partial charge in [0.25, 0.3) is 5.69 Å². The summed E-state index contributed by atoms with van der Waals surface area (Å²) in [5, 5.41) is 12.2. The summed E-state index contributed by atoms with van der Waals surface area (Å²) >= 11 is 0. The summed E-state index contributed by atoms with van der Waals surface area (Å²) < 4.78 is 2.27. The lowest BCUT2D eigenvalue weighted by atomic mass is 10.2. The Kier molecular flexibility index (Phi) is 3.05. The van der Waals surface area contributed by atoms with Gasteiger partial charge in [-0.3, -0.25) is 10.1 Å². The first-order chi connectivity index (χ1) is 8.64. The number of nitrogens with zero attached hydrogens (tertiary/aromatic N) is 2. The van der Waals surface area contributed by atoms with E-state index in [1.54, 1.807) is 12.1 Å². The van der Waals surface area contributed by atoms with Crippen LogP contribution in [-0.2, 0) is 0 Å². The molecule has 0 amide bonds. The van der Waals surface area contributed by atoms with Crippen LogP contribution in [0, 0.1) is 10.1 Å². The Morgan fingerprint density at radius 2 is 1.84 bits per heavy atom. The van der Waals surface area contributed by atoms with Crippen molar-refractivity contribution in [2.45, 2.75) is 38.9 Å². The van der Waals surface area contributed by atoms with Gasteiger partial charge in [0.15, 0.2) is 8.24 Å². The van der Waals surface area contributed by atoms with Crippen molar-refractivity contribution in [2.75, 3.05) is 0 Å². The lowest BCUT2D eigenvalue weighted by molar-refractivity contribution is -0.384. The van der Waals surface area contributed by atoms with Gasteiger partial charge < -0.3 is 4.23 Å². The van der Waals surface area contributed by atoms with E-state index in [0.29, 0.717) is 0 Å². The van der Waals surface area contributed by atoms with Crippen LogP contribution in [0.15, 0.2) is 30.5 Å². The van der Waals surface area contributed by atoms with Crippen LogP contribution in [0.5, 0.6) is 0 Å². The van der Waals surface area contributed by atoms with Crippen LogP contribution >= 0.6 is 0 Å². The Labute approximate surface area is 114 Å². The summed E-state index contributed by atoms with van der Waals surface area (Å²) in [7, 11) is -1.76. The number of hydrogen-bond donors (Lipinski definition) is 0. The minimum absolute atomic E-state index is 0.158. The molecule has 0 aliphatic carbocycles. The van der Waals surface area contributed by atoms with Crippen molar-refractivity contribution >= 4 is 24.8 Å². The smallest absolute Gasteiger partial charge is 0.271 e. The Morgan fingerprint density at radius 1 is 1.21 bits per heavy atom. The summed E-state index contributed by atoms with van der Waals surface area (Å²) in [6.07, 6.45) is 2.08. The van der Waals surface area contributed by atoms with Crippen molar-refractivity contribution in [3.63, 3.8) is 0 Å². The summed E-state index contributed by atoms with van der Waals surface area (Å²) in [5.74, 6) is 0. The normalized spacial score (nSPS) is 12.9. The molecule has 0 saturated heterocycles. The van der Waals surface area contributed by atoms with Crippen molar-refractivity contribution < 1.29 is 4.92 Å². The largest absolute Gasteiger partial charge is 0.374 e. The summed E-state index contributed by atoms with van der Waals surface area (Å²) in [4.78, 5) is 10.6. The van der Waals surface area contributed by atoms with Crippen LogP contribution in [0.4, 0.5) is 5.69 Å². The molecule has 0 unspecified atom stereocenters. The van der Waals surface area contributed by atoms with Gasteiger partial charge >= 0.3 is 0 Å². The average molecular weight is 276 g/mol. The van der Waals surface area contributed by atoms with E-state index < -0.39 is 8.24 Å². The van der Waals surface area contributed by atoms with E-state index in [2.05, 4.69) is 44.3 Å². The molecule has 0 spiro atoms. The second-order valence-electron chi connectivity index (χ2n) is 6.49. The molecule has 2 rings (SSSR count). The minimum Gasteiger partial charge on any atom is -0.374 e. The van der Waals surface area contributed by atoms with Crippen LogP contribution in [0.25, 0.3) is 10.9 Å². The number of nitro groups is 1. The van der Waals surface area contributed by atoms with Crippen LogP contribution in [0.3, 0.4) is 0 Å². The van der Waals surface area contributed by atoms with Crippen molar-refractivity contribution in [1.82, 2.24) is 4.23 Å². The second-order valence-corrected chi connectivity index (χ2v) is 11.6. The zero-order valence-electron chi connectivity index (χ0n) is 12.1. The molecule has 5 heteroatoms. The zero-order valence-corrected chi connectivity index (χ0v) is 13.1. The van der Waals surface area contributed by atoms with Crippen LogP contribution < -0.4 is 0 Å². The fraction of sp³-hybridized carbons (Fsp3) is 0.429. The molecule has 102 valence electrons. The van der Waals surface area contributed by atoms with Gasteiger partial charge in [0.2, 0.25) is 0 Å². The molecule has 0 saturated carbocycles. The average Bonchev–Trinajstić information content (AvgIpc) is 2.70. The minimum atomic E-state index is -1.76. The standard InChI is InChI=1S/C14H20N2O2Si/c1-14(2,3)19(4,5)15-9-8-11-6-7-12(16(17)18)10-13(11)15/h6-10H,1-5H3. The molecule has 0 aliphatic rings. The highest BCUT2D eigenvalue weighted by molar-refractivity contribution is 6.79. The molecular weight excluding hydrogens is 256 g/mol. The number of rotatable bonds is 2. The quantitative estimate of drug-likeness (QED) is 0.463. The highest BCUT2D eigenvalue weighted by Gasteiger charge is 2.38. The third-order valence-electron chi connectivity index (χ3n) is 4.33. The van der Waals surface area contributed by atoms with Gasteiger partial charge in [0.05, 0.1) is 4.92 Å². The number of nitro benzene ring substituents is 1. The molecule has 0 N–H and O–H groups in total. The number of fused-ring (bicyclic) bond motifs is 1. The van der Waals surface area contributed by atoms with E-state index in [-0.39, 0.29) is 15.6 Å².